The molecule has 1 saturated heterocycles. The van der Waals surface area contributed by atoms with Crippen LogP contribution in [-0.4, -0.2) is 29.1 Å². The van der Waals surface area contributed by atoms with Crippen LogP contribution in [-0.2, 0) is 4.79 Å². The largest absolute Gasteiger partial charge is 0.481 e. The highest BCUT2D eigenvalue weighted by Gasteiger charge is 2.31. The lowest BCUT2D eigenvalue weighted by molar-refractivity contribution is -0.144. The number of aromatic nitrogens is 1. The molecule has 1 aromatic carbocycles. The van der Waals surface area contributed by atoms with Crippen molar-refractivity contribution in [1.82, 2.24) is 4.98 Å². The number of carboxylic acid groups (broad SMARTS) is 1. The zero-order chi connectivity index (χ0) is 19.6. The summed E-state index contributed by atoms with van der Waals surface area (Å²) in [6.45, 7) is 7.62. The van der Waals surface area contributed by atoms with Crippen LogP contribution in [0.25, 0.3) is 10.9 Å². The van der Waals surface area contributed by atoms with Gasteiger partial charge in [-0.3, -0.25) is 4.79 Å². The number of rotatable bonds is 6. The molecule has 1 atom stereocenters. The molecule has 162 valence electrons. The third kappa shape index (κ3) is 5.52. The van der Waals surface area contributed by atoms with E-state index in [-0.39, 0.29) is 42.5 Å². The van der Waals surface area contributed by atoms with Crippen molar-refractivity contribution in [1.29, 1.82) is 0 Å². The lowest BCUT2D eigenvalue weighted by Crippen LogP contribution is -2.38. The first kappa shape index (κ1) is 25.4. The molecule has 0 radical (unpaired) electrons. The van der Waals surface area contributed by atoms with Gasteiger partial charge in [-0.15, -0.1) is 24.8 Å². The normalized spacial score (nSPS) is 15.5. The molecular formula is C22H31Cl2FN2O2. The summed E-state index contributed by atoms with van der Waals surface area (Å²) in [5.74, 6) is -0.0147. The predicted octanol–water partition coefficient (Wildman–Crippen LogP) is 5.94. The number of unbranched alkanes of at least 4 members (excludes halogenated alkanes) is 1. The van der Waals surface area contributed by atoms with Crippen LogP contribution in [0.15, 0.2) is 18.2 Å². The second-order valence-corrected chi connectivity index (χ2v) is 7.80. The first-order valence-corrected chi connectivity index (χ1v) is 9.96. The van der Waals surface area contributed by atoms with E-state index in [1.165, 1.54) is 6.07 Å². The molecule has 0 spiro atoms. The molecule has 4 nitrogen and oxygen atoms in total. The van der Waals surface area contributed by atoms with Crippen molar-refractivity contribution in [3.8, 4) is 0 Å². The van der Waals surface area contributed by atoms with E-state index in [2.05, 4.69) is 11.8 Å². The van der Waals surface area contributed by atoms with Gasteiger partial charge in [0.2, 0.25) is 0 Å². The van der Waals surface area contributed by atoms with Gasteiger partial charge in [-0.1, -0.05) is 25.8 Å². The molecule has 29 heavy (non-hydrogen) atoms. The van der Waals surface area contributed by atoms with Gasteiger partial charge in [0.15, 0.2) is 0 Å². The van der Waals surface area contributed by atoms with E-state index >= 15 is 0 Å². The maximum Gasteiger partial charge on any atom is 0.306 e. The number of carboxylic acids is 1. The number of carbonyl (C=O) groups is 1. The van der Waals surface area contributed by atoms with Gasteiger partial charge in [0.25, 0.3) is 0 Å². The molecule has 1 aliphatic rings. The summed E-state index contributed by atoms with van der Waals surface area (Å²) in [4.78, 5) is 18.7. The molecule has 0 bridgehead atoms. The van der Waals surface area contributed by atoms with Gasteiger partial charge in [-0.05, 0) is 62.3 Å². The minimum absolute atomic E-state index is 0. The Morgan fingerprint density at radius 1 is 1.24 bits per heavy atom. The van der Waals surface area contributed by atoms with Crippen molar-refractivity contribution in [3.05, 3.63) is 35.1 Å². The van der Waals surface area contributed by atoms with Crippen LogP contribution in [0.5, 0.6) is 0 Å². The summed E-state index contributed by atoms with van der Waals surface area (Å²) < 4.78 is 14.1. The van der Waals surface area contributed by atoms with E-state index in [9.17, 15) is 14.3 Å². The Morgan fingerprint density at radius 2 is 1.90 bits per heavy atom. The third-order valence-electron chi connectivity index (χ3n) is 5.89. The van der Waals surface area contributed by atoms with Gasteiger partial charge in [0.1, 0.15) is 11.6 Å². The van der Waals surface area contributed by atoms with Crippen LogP contribution in [0.4, 0.5) is 10.2 Å². The number of hydrogen-bond donors (Lipinski definition) is 1. The molecule has 1 aromatic heterocycles. The number of aryl methyl sites for hydroxylation is 2. The first-order chi connectivity index (χ1) is 12.9. The van der Waals surface area contributed by atoms with Crippen molar-refractivity contribution in [3.63, 3.8) is 0 Å². The number of aliphatic carboxylic acids is 1. The lowest BCUT2D eigenvalue weighted by atomic mass is 9.81. The molecule has 3 rings (SSSR count). The SMILES string of the molecule is CCCCC(C(=O)O)C1CCN(c2nc3c(C)ccc(F)c3cc2C)CC1.Cl.Cl. The number of halogens is 3. The Morgan fingerprint density at radius 3 is 2.48 bits per heavy atom. The van der Waals surface area contributed by atoms with Crippen LogP contribution in [0.3, 0.4) is 0 Å². The number of fused-ring (bicyclic) bond motifs is 1. The Hall–Kier alpha value is -1.59. The van der Waals surface area contributed by atoms with Gasteiger partial charge in [-0.25, -0.2) is 9.37 Å². The van der Waals surface area contributed by atoms with Crippen molar-refractivity contribution < 1.29 is 14.3 Å². The quantitative estimate of drug-likeness (QED) is 0.598. The summed E-state index contributed by atoms with van der Waals surface area (Å²) in [6.07, 6.45) is 4.48. The van der Waals surface area contributed by atoms with Crippen LogP contribution < -0.4 is 4.90 Å². The van der Waals surface area contributed by atoms with E-state index in [0.29, 0.717) is 10.9 Å². The van der Waals surface area contributed by atoms with E-state index < -0.39 is 5.97 Å². The zero-order valence-electron chi connectivity index (χ0n) is 17.3. The second kappa shape index (κ2) is 11.0. The van der Waals surface area contributed by atoms with E-state index in [1.54, 1.807) is 6.07 Å². The molecule has 0 aliphatic carbocycles. The van der Waals surface area contributed by atoms with Crippen molar-refractivity contribution in [2.24, 2.45) is 11.8 Å². The Bertz CT molecular complexity index is 839. The maximum absolute atomic E-state index is 14.1. The molecule has 0 amide bonds. The van der Waals surface area contributed by atoms with Gasteiger partial charge in [-0.2, -0.15) is 0 Å². The number of anilines is 1. The smallest absolute Gasteiger partial charge is 0.306 e. The number of piperidine rings is 1. The summed E-state index contributed by atoms with van der Waals surface area (Å²) in [7, 11) is 0. The average molecular weight is 445 g/mol. The Balaban J connectivity index is 0.00000210. The lowest BCUT2D eigenvalue weighted by Gasteiger charge is -2.36. The van der Waals surface area contributed by atoms with Crippen molar-refractivity contribution >= 4 is 47.5 Å². The van der Waals surface area contributed by atoms with Crippen molar-refractivity contribution in [2.75, 3.05) is 18.0 Å². The molecular weight excluding hydrogens is 414 g/mol. The minimum Gasteiger partial charge on any atom is -0.481 e. The fraction of sp³-hybridized carbons (Fsp3) is 0.545. The van der Waals surface area contributed by atoms with Gasteiger partial charge in [0.05, 0.1) is 11.4 Å². The highest BCUT2D eigenvalue weighted by molar-refractivity contribution is 5.86. The predicted molar refractivity (Wildman–Crippen MR) is 121 cm³/mol. The molecule has 1 N–H and O–H groups in total. The number of hydrogen-bond acceptors (Lipinski definition) is 3. The maximum atomic E-state index is 14.1. The van der Waals surface area contributed by atoms with Crippen LogP contribution in [0.2, 0.25) is 0 Å². The summed E-state index contributed by atoms with van der Waals surface area (Å²) in [5.41, 5.74) is 2.64. The average Bonchev–Trinajstić information content (AvgIpc) is 2.65. The molecule has 2 heterocycles. The van der Waals surface area contributed by atoms with Crippen LogP contribution in [0.1, 0.15) is 50.2 Å². The minimum atomic E-state index is -0.659. The van der Waals surface area contributed by atoms with Gasteiger partial charge < -0.3 is 10.0 Å². The molecule has 2 aromatic rings. The zero-order valence-corrected chi connectivity index (χ0v) is 18.9. The second-order valence-electron chi connectivity index (χ2n) is 7.80. The van der Waals surface area contributed by atoms with Crippen LogP contribution in [0, 0.1) is 31.5 Å². The molecule has 1 unspecified atom stereocenters. The summed E-state index contributed by atoms with van der Waals surface area (Å²) in [6, 6.07) is 5.14. The topological polar surface area (TPSA) is 53.4 Å². The number of nitrogens with zero attached hydrogens (tertiary/aromatic N) is 2. The van der Waals surface area contributed by atoms with E-state index in [4.69, 9.17) is 4.98 Å². The van der Waals surface area contributed by atoms with Gasteiger partial charge in [0, 0.05) is 18.5 Å². The molecule has 7 heteroatoms. The van der Waals surface area contributed by atoms with E-state index in [0.717, 1.165) is 62.1 Å². The fourth-order valence-electron chi connectivity index (χ4n) is 4.27. The Kier molecular flexibility index (Phi) is 9.63. The van der Waals surface area contributed by atoms with Crippen LogP contribution >= 0.6 is 24.8 Å². The number of benzene rings is 1. The standard InChI is InChI=1S/C22H29FN2O2.2ClH/c1-4-5-6-17(22(26)27)16-9-11-25(12-10-16)21-15(3)13-18-19(23)8-7-14(2)20(18)24-21;;/h7-8,13,16-17H,4-6,9-12H2,1-3H3,(H,26,27);2*1H. The van der Waals surface area contributed by atoms with Crippen molar-refractivity contribution in [2.45, 2.75) is 52.9 Å². The molecule has 1 aliphatic heterocycles. The summed E-state index contributed by atoms with van der Waals surface area (Å²) in [5, 5.41) is 10.2. The Labute approximate surface area is 184 Å². The molecule has 1 fully saturated rings. The highest BCUT2D eigenvalue weighted by Crippen LogP contribution is 2.33. The monoisotopic (exact) mass is 444 g/mol. The first-order valence-electron chi connectivity index (χ1n) is 9.96. The highest BCUT2D eigenvalue weighted by atomic mass is 35.5. The molecule has 0 saturated carbocycles. The van der Waals surface area contributed by atoms with E-state index in [1.807, 2.05) is 19.9 Å². The number of pyridine rings is 1. The fourth-order valence-corrected chi connectivity index (χ4v) is 4.27. The van der Waals surface area contributed by atoms with Gasteiger partial charge >= 0.3 is 5.97 Å². The third-order valence-corrected chi connectivity index (χ3v) is 5.89. The summed E-state index contributed by atoms with van der Waals surface area (Å²) >= 11 is 0.